The topological polar surface area (TPSA) is 69.9 Å². The summed E-state index contributed by atoms with van der Waals surface area (Å²) in [5.74, 6) is -0.463. The number of hydrogen-bond acceptors (Lipinski definition) is 5. The number of carbonyl (C=O) groups is 1. The highest BCUT2D eigenvalue weighted by atomic mass is 35.5. The lowest BCUT2D eigenvalue weighted by molar-refractivity contribution is 0.0602. The minimum absolute atomic E-state index is 0.367. The maximum Gasteiger partial charge on any atom is 0.340 e. The van der Waals surface area contributed by atoms with E-state index in [0.717, 1.165) is 22.3 Å². The molecule has 0 unspecified atom stereocenters. The Kier molecular flexibility index (Phi) is 4.56. The number of nitrogens with zero attached hydrogens (tertiary/aromatic N) is 4. The Morgan fingerprint density at radius 3 is 2.63 bits per heavy atom. The van der Waals surface area contributed by atoms with Crippen molar-refractivity contribution in [2.75, 3.05) is 7.11 Å². The molecular formula is C20H15ClN4O2. The third kappa shape index (κ3) is 3.39. The molecule has 0 saturated carbocycles. The van der Waals surface area contributed by atoms with Gasteiger partial charge in [-0.3, -0.25) is 14.6 Å². The predicted molar refractivity (Wildman–Crippen MR) is 103 cm³/mol. The van der Waals surface area contributed by atoms with Crippen molar-refractivity contribution in [1.29, 1.82) is 0 Å². The Hall–Kier alpha value is -3.25. The fourth-order valence-electron chi connectivity index (χ4n) is 2.93. The second-order valence-electron chi connectivity index (χ2n) is 5.94. The molecule has 0 saturated heterocycles. The number of ether oxygens (including phenoxy) is 1. The molecule has 0 amide bonds. The second-order valence-corrected chi connectivity index (χ2v) is 6.38. The fourth-order valence-corrected chi connectivity index (χ4v) is 3.16. The zero-order valence-corrected chi connectivity index (χ0v) is 15.2. The summed E-state index contributed by atoms with van der Waals surface area (Å²) in [5.41, 5.74) is 3.55. The normalized spacial score (nSPS) is 10.9. The van der Waals surface area contributed by atoms with Gasteiger partial charge in [-0.25, -0.2) is 4.79 Å². The molecule has 0 atom stereocenters. The summed E-state index contributed by atoms with van der Waals surface area (Å²) in [6.07, 6.45) is 5.11. The van der Waals surface area contributed by atoms with E-state index in [0.29, 0.717) is 22.6 Å². The Morgan fingerprint density at radius 2 is 1.93 bits per heavy atom. The average Bonchev–Trinajstić information content (AvgIpc) is 3.10. The molecule has 134 valence electrons. The average molecular weight is 379 g/mol. The molecule has 4 rings (SSSR count). The van der Waals surface area contributed by atoms with Crippen LogP contribution in [0, 0.1) is 0 Å². The van der Waals surface area contributed by atoms with Crippen molar-refractivity contribution < 1.29 is 9.53 Å². The Labute approximate surface area is 160 Å². The number of halogens is 1. The monoisotopic (exact) mass is 378 g/mol. The van der Waals surface area contributed by atoms with E-state index in [1.165, 1.54) is 7.11 Å². The summed E-state index contributed by atoms with van der Waals surface area (Å²) in [5, 5.41) is 5.59. The van der Waals surface area contributed by atoms with Crippen molar-refractivity contribution in [2.45, 2.75) is 6.54 Å². The summed E-state index contributed by atoms with van der Waals surface area (Å²) in [7, 11) is 1.34. The van der Waals surface area contributed by atoms with Gasteiger partial charge < -0.3 is 4.74 Å². The van der Waals surface area contributed by atoms with Crippen molar-refractivity contribution in [1.82, 2.24) is 19.7 Å². The van der Waals surface area contributed by atoms with E-state index >= 15 is 0 Å². The highest BCUT2D eigenvalue weighted by Gasteiger charge is 2.17. The molecule has 27 heavy (non-hydrogen) atoms. The summed E-state index contributed by atoms with van der Waals surface area (Å²) in [4.78, 5) is 21.1. The van der Waals surface area contributed by atoms with Crippen LogP contribution in [0.25, 0.3) is 22.2 Å². The number of benzene rings is 2. The van der Waals surface area contributed by atoms with Gasteiger partial charge in [0.25, 0.3) is 0 Å². The van der Waals surface area contributed by atoms with Crippen LogP contribution in [0.4, 0.5) is 0 Å². The lowest BCUT2D eigenvalue weighted by atomic mass is 10.1. The molecule has 6 nitrogen and oxygen atoms in total. The Morgan fingerprint density at radius 1 is 1.11 bits per heavy atom. The summed E-state index contributed by atoms with van der Waals surface area (Å²) >= 11 is 6.10. The van der Waals surface area contributed by atoms with Gasteiger partial charge in [-0.1, -0.05) is 41.9 Å². The molecule has 2 heterocycles. The molecule has 0 aliphatic rings. The van der Waals surface area contributed by atoms with E-state index in [1.807, 2.05) is 30.3 Å². The number of methoxy groups -OCH3 is 1. The van der Waals surface area contributed by atoms with Crippen molar-refractivity contribution in [3.63, 3.8) is 0 Å². The van der Waals surface area contributed by atoms with Gasteiger partial charge >= 0.3 is 5.97 Å². The van der Waals surface area contributed by atoms with Crippen molar-refractivity contribution in [2.24, 2.45) is 0 Å². The summed E-state index contributed by atoms with van der Waals surface area (Å²) in [6, 6.07) is 13.2. The molecule has 2 aromatic heterocycles. The van der Waals surface area contributed by atoms with Gasteiger partial charge in [0.1, 0.15) is 0 Å². The van der Waals surface area contributed by atoms with Crippen molar-refractivity contribution in [3.05, 3.63) is 77.3 Å². The van der Waals surface area contributed by atoms with Crippen LogP contribution in [0.15, 0.2) is 61.1 Å². The maximum atomic E-state index is 12.1. The van der Waals surface area contributed by atoms with Crippen molar-refractivity contribution in [3.8, 4) is 11.3 Å². The third-order valence-corrected chi connectivity index (χ3v) is 4.41. The quantitative estimate of drug-likeness (QED) is 0.502. The van der Waals surface area contributed by atoms with E-state index in [-0.39, 0.29) is 0 Å². The SMILES string of the molecule is COC(=O)c1cc(Cl)cc2cnn(Cc3cnc(-c4ccccc4)cn3)c12. The van der Waals surface area contributed by atoms with Gasteiger partial charge in [0.15, 0.2) is 0 Å². The van der Waals surface area contributed by atoms with Crippen LogP contribution in [0.5, 0.6) is 0 Å². The molecule has 0 fully saturated rings. The number of hydrogen-bond donors (Lipinski definition) is 0. The fraction of sp³-hybridized carbons (Fsp3) is 0.100. The largest absolute Gasteiger partial charge is 0.465 e. The van der Waals surface area contributed by atoms with E-state index < -0.39 is 5.97 Å². The number of rotatable bonds is 4. The molecule has 4 aromatic rings. The minimum Gasteiger partial charge on any atom is -0.465 e. The third-order valence-electron chi connectivity index (χ3n) is 4.19. The molecule has 2 aromatic carbocycles. The van der Waals surface area contributed by atoms with Gasteiger partial charge in [-0.2, -0.15) is 5.10 Å². The number of aromatic nitrogens is 4. The van der Waals surface area contributed by atoms with Crippen LogP contribution in [0.1, 0.15) is 16.1 Å². The maximum absolute atomic E-state index is 12.1. The second kappa shape index (κ2) is 7.17. The van der Waals surface area contributed by atoms with E-state index in [9.17, 15) is 4.79 Å². The molecule has 0 aliphatic heterocycles. The van der Waals surface area contributed by atoms with Crippen LogP contribution in [0.2, 0.25) is 5.02 Å². The number of fused-ring (bicyclic) bond motifs is 1. The van der Waals surface area contributed by atoms with E-state index in [4.69, 9.17) is 16.3 Å². The predicted octanol–water partition coefficient (Wildman–Crippen LogP) is 3.98. The first-order valence-electron chi connectivity index (χ1n) is 8.25. The van der Waals surface area contributed by atoms with Gasteiger partial charge in [-0.05, 0) is 12.1 Å². The van der Waals surface area contributed by atoms with Gasteiger partial charge in [-0.15, -0.1) is 0 Å². The standard InChI is InChI=1S/C20H15ClN4O2/c1-27-20(26)17-8-15(21)7-14-9-24-25(19(14)17)12-16-10-23-18(11-22-16)13-5-3-2-4-6-13/h2-11H,12H2,1H3. The van der Waals surface area contributed by atoms with Crippen LogP contribution in [-0.4, -0.2) is 32.8 Å². The van der Waals surface area contributed by atoms with E-state index in [2.05, 4.69) is 15.1 Å². The highest BCUT2D eigenvalue weighted by Crippen LogP contribution is 2.25. The number of esters is 1. The molecular weight excluding hydrogens is 364 g/mol. The first kappa shape index (κ1) is 17.2. The van der Waals surface area contributed by atoms with Crippen LogP contribution < -0.4 is 0 Å². The summed E-state index contributed by atoms with van der Waals surface area (Å²) in [6.45, 7) is 0.372. The minimum atomic E-state index is -0.463. The Bertz CT molecular complexity index is 1110. The molecule has 0 spiro atoms. The van der Waals surface area contributed by atoms with E-state index in [1.54, 1.807) is 35.4 Å². The lowest BCUT2D eigenvalue weighted by Crippen LogP contribution is -2.09. The lowest BCUT2D eigenvalue weighted by Gasteiger charge is -2.08. The Balaban J connectivity index is 1.69. The van der Waals surface area contributed by atoms with Crippen molar-refractivity contribution >= 4 is 28.5 Å². The summed E-state index contributed by atoms with van der Waals surface area (Å²) < 4.78 is 6.57. The molecule has 0 radical (unpaired) electrons. The van der Waals surface area contributed by atoms with Gasteiger partial charge in [0, 0.05) is 16.0 Å². The number of carbonyl (C=O) groups excluding carboxylic acids is 1. The highest BCUT2D eigenvalue weighted by molar-refractivity contribution is 6.32. The first-order chi connectivity index (χ1) is 13.2. The van der Waals surface area contributed by atoms with Crippen LogP contribution in [0.3, 0.4) is 0 Å². The van der Waals surface area contributed by atoms with Crippen LogP contribution in [-0.2, 0) is 11.3 Å². The smallest absolute Gasteiger partial charge is 0.340 e. The molecule has 0 aliphatic carbocycles. The first-order valence-corrected chi connectivity index (χ1v) is 8.63. The molecule has 7 heteroatoms. The zero-order valence-electron chi connectivity index (χ0n) is 14.5. The zero-order chi connectivity index (χ0) is 18.8. The molecule has 0 bridgehead atoms. The molecule has 0 N–H and O–H groups in total. The van der Waals surface area contributed by atoms with Gasteiger partial charge in [0.2, 0.25) is 0 Å². The van der Waals surface area contributed by atoms with Crippen LogP contribution >= 0.6 is 11.6 Å². The van der Waals surface area contributed by atoms with Gasteiger partial charge in [0.05, 0.1) is 54.7 Å².